The van der Waals surface area contributed by atoms with Crippen molar-refractivity contribution in [3.63, 3.8) is 0 Å². The summed E-state index contributed by atoms with van der Waals surface area (Å²) in [5.41, 5.74) is 0.614. The third-order valence-electron chi connectivity index (χ3n) is 5.58. The Labute approximate surface area is 203 Å². The van der Waals surface area contributed by atoms with Gasteiger partial charge in [-0.15, -0.1) is 0 Å². The molecular formula is C25H28ClFN2O5. The lowest BCUT2D eigenvalue weighted by atomic mass is 9.87. The summed E-state index contributed by atoms with van der Waals surface area (Å²) in [5, 5.41) is 5.87. The average molecular weight is 491 g/mol. The zero-order valence-corrected chi connectivity index (χ0v) is 19.7. The van der Waals surface area contributed by atoms with Gasteiger partial charge in [0, 0.05) is 29.2 Å². The van der Waals surface area contributed by atoms with Gasteiger partial charge in [-0.25, -0.2) is 4.39 Å². The van der Waals surface area contributed by atoms with Gasteiger partial charge >= 0.3 is 5.97 Å². The lowest BCUT2D eigenvalue weighted by Crippen LogP contribution is -2.34. The molecule has 0 aromatic heterocycles. The number of amides is 2. The fourth-order valence-corrected chi connectivity index (χ4v) is 3.88. The second-order valence-electron chi connectivity index (χ2n) is 8.01. The summed E-state index contributed by atoms with van der Waals surface area (Å²) in [6, 6.07) is 10.5. The van der Waals surface area contributed by atoms with Crippen LogP contribution in [0.25, 0.3) is 0 Å². The normalized spacial score (nSPS) is 17.5. The van der Waals surface area contributed by atoms with Gasteiger partial charge in [0.25, 0.3) is 11.8 Å². The molecule has 0 atom stereocenters. The van der Waals surface area contributed by atoms with Crippen LogP contribution in [0.15, 0.2) is 42.5 Å². The van der Waals surface area contributed by atoms with Crippen molar-refractivity contribution in [2.75, 3.05) is 19.7 Å². The van der Waals surface area contributed by atoms with Crippen LogP contribution in [0.2, 0.25) is 5.02 Å². The Morgan fingerprint density at radius 3 is 2.12 bits per heavy atom. The van der Waals surface area contributed by atoms with Crippen molar-refractivity contribution in [2.45, 2.75) is 38.7 Å². The topological polar surface area (TPSA) is 93.7 Å². The van der Waals surface area contributed by atoms with E-state index in [0.717, 1.165) is 6.07 Å². The van der Waals surface area contributed by atoms with Gasteiger partial charge in [-0.1, -0.05) is 11.6 Å². The van der Waals surface area contributed by atoms with Gasteiger partial charge in [0.15, 0.2) is 11.6 Å². The Morgan fingerprint density at radius 2 is 1.53 bits per heavy atom. The zero-order chi connectivity index (χ0) is 24.5. The monoisotopic (exact) mass is 490 g/mol. The fourth-order valence-electron chi connectivity index (χ4n) is 3.75. The molecule has 0 radical (unpaired) electrons. The molecule has 34 heavy (non-hydrogen) atoms. The molecule has 2 amide bonds. The molecule has 2 N–H and O–H groups in total. The van der Waals surface area contributed by atoms with E-state index >= 15 is 0 Å². The van der Waals surface area contributed by atoms with Gasteiger partial charge in [0.1, 0.15) is 0 Å². The van der Waals surface area contributed by atoms with E-state index in [-0.39, 0.29) is 48.3 Å². The van der Waals surface area contributed by atoms with Crippen molar-refractivity contribution >= 4 is 29.4 Å². The molecular weight excluding hydrogens is 463 g/mol. The number of ether oxygens (including phenoxy) is 2. The SMILES string of the molecule is CCOC(=O)[C@H]1CC[C@@H](Oc2ccc(C(=O)NCCNC(=O)c3ccc(Cl)cc3)cc2F)CC1. The van der Waals surface area contributed by atoms with Crippen molar-refractivity contribution < 1.29 is 28.2 Å². The first kappa shape index (κ1) is 25.5. The number of nitrogens with one attached hydrogen (secondary N) is 2. The highest BCUT2D eigenvalue weighted by atomic mass is 35.5. The minimum absolute atomic E-state index is 0.0753. The average Bonchev–Trinajstić information content (AvgIpc) is 2.84. The summed E-state index contributed by atoms with van der Waals surface area (Å²) >= 11 is 5.80. The lowest BCUT2D eigenvalue weighted by molar-refractivity contribution is -0.149. The number of carbonyl (C=O) groups excluding carboxylic acids is 3. The van der Waals surface area contributed by atoms with Gasteiger partial charge in [-0.05, 0) is 75.1 Å². The summed E-state index contributed by atoms with van der Waals surface area (Å²) in [5.74, 6) is -1.61. The van der Waals surface area contributed by atoms with E-state index in [0.29, 0.717) is 42.9 Å². The summed E-state index contributed by atoms with van der Waals surface area (Å²) in [7, 11) is 0. The molecule has 2 aromatic rings. The number of carbonyl (C=O) groups is 3. The predicted octanol–water partition coefficient (Wildman–Crippen LogP) is 4.14. The molecule has 0 heterocycles. The predicted molar refractivity (Wildman–Crippen MR) is 126 cm³/mol. The Morgan fingerprint density at radius 1 is 0.941 bits per heavy atom. The lowest BCUT2D eigenvalue weighted by Gasteiger charge is -2.27. The highest BCUT2D eigenvalue weighted by Crippen LogP contribution is 2.29. The van der Waals surface area contributed by atoms with E-state index in [1.54, 1.807) is 31.2 Å². The van der Waals surface area contributed by atoms with Crippen LogP contribution in [0, 0.1) is 11.7 Å². The van der Waals surface area contributed by atoms with Crippen molar-refractivity contribution in [2.24, 2.45) is 5.92 Å². The molecule has 0 unspecified atom stereocenters. The van der Waals surface area contributed by atoms with Gasteiger partial charge in [0.05, 0.1) is 18.6 Å². The smallest absolute Gasteiger partial charge is 0.308 e. The third-order valence-corrected chi connectivity index (χ3v) is 5.84. The van der Waals surface area contributed by atoms with Gasteiger partial charge in [-0.2, -0.15) is 0 Å². The molecule has 1 saturated carbocycles. The quantitative estimate of drug-likeness (QED) is 0.407. The Kier molecular flexibility index (Phi) is 9.27. The van der Waals surface area contributed by atoms with E-state index in [1.165, 1.54) is 12.1 Å². The van der Waals surface area contributed by atoms with Crippen LogP contribution in [0.1, 0.15) is 53.3 Å². The maximum Gasteiger partial charge on any atom is 0.308 e. The standard InChI is InChI=1S/C25H28ClFN2O5/c1-2-33-25(32)17-5-10-20(11-6-17)34-22-12-7-18(15-21(22)27)24(31)29-14-13-28-23(30)16-3-8-19(26)9-4-16/h3-4,7-9,12,15,17,20H,2,5-6,10-11,13-14H2,1H3,(H,28,30)(H,29,31)/t17-,20+. The molecule has 0 saturated heterocycles. The van der Waals surface area contributed by atoms with E-state index in [2.05, 4.69) is 10.6 Å². The molecule has 1 aliphatic rings. The fraction of sp³-hybridized carbons (Fsp3) is 0.400. The van der Waals surface area contributed by atoms with Crippen molar-refractivity contribution in [1.82, 2.24) is 10.6 Å². The van der Waals surface area contributed by atoms with Crippen LogP contribution in [-0.4, -0.2) is 43.6 Å². The first-order valence-corrected chi connectivity index (χ1v) is 11.7. The van der Waals surface area contributed by atoms with E-state index in [9.17, 15) is 18.8 Å². The number of hydrogen-bond donors (Lipinski definition) is 2. The zero-order valence-electron chi connectivity index (χ0n) is 18.9. The Bertz CT molecular complexity index is 1010. The summed E-state index contributed by atoms with van der Waals surface area (Å²) in [4.78, 5) is 36.2. The molecule has 7 nitrogen and oxygen atoms in total. The first-order valence-electron chi connectivity index (χ1n) is 11.3. The van der Waals surface area contributed by atoms with Gasteiger partial charge in [-0.3, -0.25) is 14.4 Å². The van der Waals surface area contributed by atoms with Crippen LogP contribution in [0.3, 0.4) is 0 Å². The molecule has 0 bridgehead atoms. The van der Waals surface area contributed by atoms with Crippen LogP contribution in [0.5, 0.6) is 5.75 Å². The van der Waals surface area contributed by atoms with E-state index in [1.807, 2.05) is 0 Å². The molecule has 3 rings (SSSR count). The highest BCUT2D eigenvalue weighted by Gasteiger charge is 2.28. The molecule has 182 valence electrons. The number of hydrogen-bond acceptors (Lipinski definition) is 5. The molecule has 1 aliphatic carbocycles. The second kappa shape index (κ2) is 12.4. The van der Waals surface area contributed by atoms with Crippen LogP contribution in [-0.2, 0) is 9.53 Å². The molecule has 0 spiro atoms. The van der Waals surface area contributed by atoms with Crippen LogP contribution < -0.4 is 15.4 Å². The molecule has 1 fully saturated rings. The highest BCUT2D eigenvalue weighted by molar-refractivity contribution is 6.30. The van der Waals surface area contributed by atoms with E-state index < -0.39 is 11.7 Å². The minimum atomic E-state index is -0.629. The van der Waals surface area contributed by atoms with Gasteiger partial charge < -0.3 is 20.1 Å². The maximum atomic E-state index is 14.5. The largest absolute Gasteiger partial charge is 0.487 e. The summed E-state index contributed by atoms with van der Waals surface area (Å²) in [6.07, 6.45) is 2.35. The summed E-state index contributed by atoms with van der Waals surface area (Å²) < 4.78 is 25.4. The Balaban J connectivity index is 1.42. The molecule has 0 aliphatic heterocycles. The van der Waals surface area contributed by atoms with Crippen LogP contribution >= 0.6 is 11.6 Å². The first-order chi connectivity index (χ1) is 16.4. The molecule has 2 aromatic carbocycles. The van der Waals surface area contributed by atoms with Crippen molar-refractivity contribution in [1.29, 1.82) is 0 Å². The number of benzene rings is 2. The third kappa shape index (κ3) is 7.18. The van der Waals surface area contributed by atoms with Gasteiger partial charge in [0.2, 0.25) is 0 Å². The number of rotatable bonds is 9. The van der Waals surface area contributed by atoms with E-state index in [4.69, 9.17) is 21.1 Å². The van der Waals surface area contributed by atoms with Crippen molar-refractivity contribution in [3.8, 4) is 5.75 Å². The minimum Gasteiger partial charge on any atom is -0.487 e. The van der Waals surface area contributed by atoms with Crippen molar-refractivity contribution in [3.05, 3.63) is 64.4 Å². The van der Waals surface area contributed by atoms with Crippen LogP contribution in [0.4, 0.5) is 4.39 Å². The molecule has 9 heteroatoms. The maximum absolute atomic E-state index is 14.5. The summed E-state index contributed by atoms with van der Waals surface area (Å²) in [6.45, 7) is 2.53. The second-order valence-corrected chi connectivity index (χ2v) is 8.44. The Hall–Kier alpha value is -3.13. The number of halogens is 2. The number of esters is 1.